The second-order valence-electron chi connectivity index (χ2n) is 3.51. The lowest BCUT2D eigenvalue weighted by Crippen LogP contribution is -2.28. The Labute approximate surface area is 81.8 Å². The van der Waals surface area contributed by atoms with Gasteiger partial charge in [-0.15, -0.1) is 0 Å². The zero-order valence-corrected chi connectivity index (χ0v) is 9.47. The van der Waals surface area contributed by atoms with Crippen LogP contribution in [0.2, 0.25) is 0 Å². The Balaban J connectivity index is 3.02. The normalized spacial score (nSPS) is 32.5. The van der Waals surface area contributed by atoms with Crippen molar-refractivity contribution in [3.8, 4) is 0 Å². The van der Waals surface area contributed by atoms with Crippen molar-refractivity contribution in [3.63, 3.8) is 0 Å². The van der Waals surface area contributed by atoms with Gasteiger partial charge in [0.2, 0.25) is 0 Å². The molecule has 2 nitrogen and oxygen atoms in total. The summed E-state index contributed by atoms with van der Waals surface area (Å²) < 4.78 is 5.45. The fourth-order valence-corrected chi connectivity index (χ4v) is 1.77. The summed E-state index contributed by atoms with van der Waals surface area (Å²) in [7, 11) is 0. The lowest BCUT2D eigenvalue weighted by Gasteiger charge is -2.24. The first-order valence-corrected chi connectivity index (χ1v) is 4.97. The molecule has 0 aromatic carbocycles. The van der Waals surface area contributed by atoms with E-state index in [1.807, 2.05) is 11.9 Å². The lowest BCUT2D eigenvalue weighted by molar-refractivity contribution is 0.312. The molecule has 0 fully saturated rings. The van der Waals surface area contributed by atoms with Gasteiger partial charge in [0.25, 0.3) is 0 Å². The molecule has 3 heteroatoms. The molecule has 68 valence electrons. The predicted octanol–water partition coefficient (Wildman–Crippen LogP) is 3.09. The summed E-state index contributed by atoms with van der Waals surface area (Å²) in [5.74, 6) is 2.09. The van der Waals surface area contributed by atoms with Gasteiger partial charge < -0.3 is 4.74 Å². The minimum Gasteiger partial charge on any atom is -0.445 e. The Bertz CT molecular complexity index is 245. The van der Waals surface area contributed by atoms with Gasteiger partial charge in [-0.2, -0.15) is 0 Å². The van der Waals surface area contributed by atoms with E-state index in [0.717, 1.165) is 11.7 Å². The van der Waals surface area contributed by atoms with E-state index in [9.17, 15) is 0 Å². The van der Waals surface area contributed by atoms with Crippen molar-refractivity contribution < 1.29 is 4.74 Å². The van der Waals surface area contributed by atoms with Crippen LogP contribution in [0.3, 0.4) is 0 Å². The molecule has 0 amide bonds. The molecule has 0 aliphatic carbocycles. The number of ether oxygens (including phenoxy) is 1. The largest absolute Gasteiger partial charge is 0.445 e. The average Bonchev–Trinajstić information content (AvgIpc) is 2.27. The zero-order valence-electron chi connectivity index (χ0n) is 7.89. The van der Waals surface area contributed by atoms with Gasteiger partial charge in [0.05, 0.1) is 0 Å². The van der Waals surface area contributed by atoms with Crippen molar-refractivity contribution in [2.24, 2.45) is 10.9 Å². The van der Waals surface area contributed by atoms with Gasteiger partial charge in [0.1, 0.15) is 11.3 Å². The van der Waals surface area contributed by atoms with E-state index in [1.165, 1.54) is 0 Å². The summed E-state index contributed by atoms with van der Waals surface area (Å²) in [4.78, 5) is 6.28. The molecular weight excluding hydrogens is 218 g/mol. The maximum Gasteiger partial charge on any atom is 0.187 e. The van der Waals surface area contributed by atoms with Crippen LogP contribution in [-0.4, -0.2) is 11.4 Å². The summed E-state index contributed by atoms with van der Waals surface area (Å²) in [6, 6.07) is 0. The predicted molar refractivity (Wildman–Crippen MR) is 54.4 cm³/mol. The molecule has 0 saturated carbocycles. The SMILES string of the molecule is CC1=NC(C)(C(C)C)C(=CBr)O1. The third-order valence-corrected chi connectivity index (χ3v) is 2.79. The summed E-state index contributed by atoms with van der Waals surface area (Å²) in [5.41, 5.74) is -0.187. The summed E-state index contributed by atoms with van der Waals surface area (Å²) in [6.07, 6.45) is 0. The molecule has 0 radical (unpaired) electrons. The van der Waals surface area contributed by atoms with Crippen LogP contribution in [0.15, 0.2) is 15.7 Å². The first kappa shape index (κ1) is 9.78. The fraction of sp³-hybridized carbons (Fsp3) is 0.667. The highest BCUT2D eigenvalue weighted by Crippen LogP contribution is 2.36. The monoisotopic (exact) mass is 231 g/mol. The van der Waals surface area contributed by atoms with Crippen LogP contribution in [0.1, 0.15) is 27.7 Å². The molecule has 1 atom stereocenters. The van der Waals surface area contributed by atoms with E-state index in [4.69, 9.17) is 4.74 Å². The van der Waals surface area contributed by atoms with Gasteiger partial charge in [0.15, 0.2) is 5.90 Å². The number of aliphatic imine (C=N–C) groups is 1. The molecule has 0 aromatic rings. The third-order valence-electron chi connectivity index (χ3n) is 2.37. The van der Waals surface area contributed by atoms with Gasteiger partial charge in [-0.1, -0.05) is 29.8 Å². The van der Waals surface area contributed by atoms with Crippen LogP contribution in [0.25, 0.3) is 0 Å². The molecule has 0 N–H and O–H groups in total. The van der Waals surface area contributed by atoms with Crippen LogP contribution in [-0.2, 0) is 4.74 Å². The number of hydrogen-bond acceptors (Lipinski definition) is 2. The Morgan fingerprint density at radius 2 is 2.17 bits per heavy atom. The Morgan fingerprint density at radius 1 is 1.58 bits per heavy atom. The van der Waals surface area contributed by atoms with Gasteiger partial charge in [-0.05, 0) is 12.8 Å². The van der Waals surface area contributed by atoms with Gasteiger partial charge in [-0.3, -0.25) is 0 Å². The number of halogens is 1. The first-order chi connectivity index (χ1) is 5.50. The smallest absolute Gasteiger partial charge is 0.187 e. The van der Waals surface area contributed by atoms with Crippen molar-refractivity contribution in [3.05, 3.63) is 10.7 Å². The van der Waals surface area contributed by atoms with Gasteiger partial charge in [-0.25, -0.2) is 4.99 Å². The van der Waals surface area contributed by atoms with E-state index in [0.29, 0.717) is 5.92 Å². The van der Waals surface area contributed by atoms with E-state index in [-0.39, 0.29) is 5.54 Å². The summed E-state index contributed by atoms with van der Waals surface area (Å²) in [6.45, 7) is 8.25. The van der Waals surface area contributed by atoms with Crippen LogP contribution < -0.4 is 0 Å². The molecule has 0 saturated heterocycles. The van der Waals surface area contributed by atoms with Crippen molar-refractivity contribution in [2.45, 2.75) is 33.2 Å². The van der Waals surface area contributed by atoms with E-state index in [1.54, 1.807) is 0 Å². The zero-order chi connectivity index (χ0) is 9.35. The third kappa shape index (κ3) is 1.42. The summed E-state index contributed by atoms with van der Waals surface area (Å²) >= 11 is 3.29. The summed E-state index contributed by atoms with van der Waals surface area (Å²) in [5, 5.41) is 0. The highest BCUT2D eigenvalue weighted by Gasteiger charge is 2.38. The number of rotatable bonds is 1. The second-order valence-corrected chi connectivity index (χ2v) is 3.97. The van der Waals surface area contributed by atoms with Gasteiger partial charge in [0, 0.05) is 11.9 Å². The first-order valence-electron chi connectivity index (χ1n) is 4.06. The quantitative estimate of drug-likeness (QED) is 0.680. The van der Waals surface area contributed by atoms with E-state index < -0.39 is 0 Å². The topological polar surface area (TPSA) is 21.6 Å². The Morgan fingerprint density at radius 3 is 2.50 bits per heavy atom. The minimum atomic E-state index is -0.187. The average molecular weight is 232 g/mol. The molecule has 1 rings (SSSR count). The number of nitrogens with zero attached hydrogens (tertiary/aromatic N) is 1. The van der Waals surface area contributed by atoms with E-state index in [2.05, 4.69) is 41.7 Å². The lowest BCUT2D eigenvalue weighted by atomic mass is 9.88. The molecular formula is C9H14BrNO. The van der Waals surface area contributed by atoms with Crippen LogP contribution in [0.5, 0.6) is 0 Å². The molecule has 0 aromatic heterocycles. The van der Waals surface area contributed by atoms with E-state index >= 15 is 0 Å². The molecule has 1 aliphatic rings. The second kappa shape index (κ2) is 3.21. The maximum atomic E-state index is 5.45. The molecule has 0 spiro atoms. The molecule has 1 unspecified atom stereocenters. The van der Waals surface area contributed by atoms with Crippen molar-refractivity contribution in [1.29, 1.82) is 0 Å². The van der Waals surface area contributed by atoms with Crippen LogP contribution in [0, 0.1) is 5.92 Å². The molecule has 1 heterocycles. The maximum absolute atomic E-state index is 5.45. The highest BCUT2D eigenvalue weighted by atomic mass is 79.9. The molecule has 12 heavy (non-hydrogen) atoms. The minimum absolute atomic E-state index is 0.187. The van der Waals surface area contributed by atoms with Crippen molar-refractivity contribution >= 4 is 21.8 Å². The Kier molecular flexibility index (Phi) is 2.61. The fourth-order valence-electron chi connectivity index (χ4n) is 1.21. The van der Waals surface area contributed by atoms with Crippen LogP contribution >= 0.6 is 15.9 Å². The highest BCUT2D eigenvalue weighted by molar-refractivity contribution is 9.11. The standard InChI is InChI=1S/C9H14BrNO/c1-6(2)9(4)8(5-10)12-7(3)11-9/h5-6H,1-4H3. The molecule has 0 bridgehead atoms. The Hall–Kier alpha value is -0.310. The van der Waals surface area contributed by atoms with Crippen molar-refractivity contribution in [2.75, 3.05) is 0 Å². The number of hydrogen-bond donors (Lipinski definition) is 0. The van der Waals surface area contributed by atoms with Gasteiger partial charge >= 0.3 is 0 Å². The van der Waals surface area contributed by atoms with Crippen LogP contribution in [0.4, 0.5) is 0 Å². The van der Waals surface area contributed by atoms with Crippen molar-refractivity contribution in [1.82, 2.24) is 0 Å². The molecule has 1 aliphatic heterocycles.